The summed E-state index contributed by atoms with van der Waals surface area (Å²) in [5, 5.41) is 4.12. The zero-order chi connectivity index (χ0) is 9.26. The number of aromatic amines is 1. The van der Waals surface area contributed by atoms with Crippen molar-refractivity contribution in [2.75, 3.05) is 0 Å². The van der Waals surface area contributed by atoms with Crippen LogP contribution in [0.5, 0.6) is 0 Å². The van der Waals surface area contributed by atoms with Crippen molar-refractivity contribution < 1.29 is 0 Å². The van der Waals surface area contributed by atoms with E-state index in [1.54, 1.807) is 22.8 Å². The summed E-state index contributed by atoms with van der Waals surface area (Å²) in [7, 11) is 0. The van der Waals surface area contributed by atoms with E-state index in [2.05, 4.69) is 17.0 Å². The van der Waals surface area contributed by atoms with Crippen molar-refractivity contribution in [2.24, 2.45) is 0 Å². The molecule has 0 aromatic carbocycles. The van der Waals surface area contributed by atoms with Crippen molar-refractivity contribution >= 4 is 5.65 Å². The van der Waals surface area contributed by atoms with Gasteiger partial charge in [-0.3, -0.25) is 4.79 Å². The maximum Gasteiger partial charge on any atom is 0.251 e. The minimum Gasteiger partial charge on any atom is -0.307 e. The number of rotatable bonds is 2. The number of H-pyrrole nitrogens is 1. The maximum atomic E-state index is 11.2. The lowest BCUT2D eigenvalue weighted by atomic mass is 10.2. The fourth-order valence-corrected chi connectivity index (χ4v) is 1.44. The molecule has 0 unspecified atom stereocenters. The Morgan fingerprint density at radius 2 is 2.46 bits per heavy atom. The molecule has 0 aliphatic heterocycles. The van der Waals surface area contributed by atoms with Crippen LogP contribution in [-0.4, -0.2) is 14.6 Å². The van der Waals surface area contributed by atoms with Gasteiger partial charge in [-0.25, -0.2) is 4.52 Å². The summed E-state index contributed by atoms with van der Waals surface area (Å²) < 4.78 is 1.77. The molecule has 0 aliphatic carbocycles. The highest BCUT2D eigenvalue weighted by molar-refractivity contribution is 5.36. The fourth-order valence-electron chi connectivity index (χ4n) is 1.44. The smallest absolute Gasteiger partial charge is 0.251 e. The molecule has 0 amide bonds. The number of nitrogens with zero attached hydrogens (tertiary/aromatic N) is 2. The Bertz CT molecular complexity index is 469. The standard InChI is InChI=1S/C9H11N3O/c1-2-3-7-6-9(13)11-8-4-5-10-12(7)8/h4-6H,2-3H2,1H3,(H,11,13). The molecule has 4 nitrogen and oxygen atoms in total. The predicted octanol–water partition coefficient (Wildman–Crippen LogP) is 0.975. The third-order valence-corrected chi connectivity index (χ3v) is 1.97. The molecule has 2 aromatic heterocycles. The zero-order valence-corrected chi connectivity index (χ0v) is 7.45. The minimum atomic E-state index is -0.0588. The Balaban J connectivity index is 2.70. The molecule has 0 aliphatic rings. The molecule has 68 valence electrons. The number of hydrogen-bond donors (Lipinski definition) is 1. The van der Waals surface area contributed by atoms with Gasteiger partial charge in [-0.1, -0.05) is 13.3 Å². The molecule has 0 atom stereocenters. The van der Waals surface area contributed by atoms with Crippen LogP contribution in [0.25, 0.3) is 5.65 Å². The van der Waals surface area contributed by atoms with E-state index in [1.807, 2.05) is 0 Å². The minimum absolute atomic E-state index is 0.0588. The van der Waals surface area contributed by atoms with Gasteiger partial charge in [-0.15, -0.1) is 0 Å². The molecule has 4 heteroatoms. The average Bonchev–Trinajstić information content (AvgIpc) is 2.52. The number of aryl methyl sites for hydroxylation is 1. The third kappa shape index (κ3) is 1.35. The van der Waals surface area contributed by atoms with Crippen molar-refractivity contribution in [1.29, 1.82) is 0 Å². The quantitative estimate of drug-likeness (QED) is 0.743. The van der Waals surface area contributed by atoms with Crippen LogP contribution < -0.4 is 5.56 Å². The maximum absolute atomic E-state index is 11.2. The van der Waals surface area contributed by atoms with Crippen LogP contribution in [0.2, 0.25) is 0 Å². The van der Waals surface area contributed by atoms with Crippen LogP contribution in [0.15, 0.2) is 23.1 Å². The van der Waals surface area contributed by atoms with E-state index in [4.69, 9.17) is 0 Å². The van der Waals surface area contributed by atoms with Crippen molar-refractivity contribution in [3.8, 4) is 0 Å². The number of hydrogen-bond acceptors (Lipinski definition) is 2. The molecule has 0 saturated carbocycles. The van der Waals surface area contributed by atoms with E-state index in [1.165, 1.54) is 0 Å². The lowest BCUT2D eigenvalue weighted by molar-refractivity contribution is 0.792. The second-order valence-electron chi connectivity index (χ2n) is 3.00. The summed E-state index contributed by atoms with van der Waals surface area (Å²) in [6.45, 7) is 2.08. The first kappa shape index (κ1) is 8.04. The molecular formula is C9H11N3O. The Morgan fingerprint density at radius 1 is 1.62 bits per heavy atom. The highest BCUT2D eigenvalue weighted by Gasteiger charge is 2.01. The summed E-state index contributed by atoms with van der Waals surface area (Å²) >= 11 is 0. The number of nitrogens with one attached hydrogen (secondary N) is 1. The van der Waals surface area contributed by atoms with Gasteiger partial charge >= 0.3 is 0 Å². The van der Waals surface area contributed by atoms with Gasteiger partial charge < -0.3 is 4.98 Å². The summed E-state index contributed by atoms with van der Waals surface area (Å²) in [4.78, 5) is 13.9. The third-order valence-electron chi connectivity index (χ3n) is 1.97. The van der Waals surface area contributed by atoms with Crippen molar-refractivity contribution in [3.63, 3.8) is 0 Å². The lowest BCUT2D eigenvalue weighted by Gasteiger charge is -2.01. The summed E-state index contributed by atoms with van der Waals surface area (Å²) in [5.74, 6) is 0. The van der Waals surface area contributed by atoms with E-state index >= 15 is 0 Å². The van der Waals surface area contributed by atoms with Crippen molar-refractivity contribution in [2.45, 2.75) is 19.8 Å². The molecule has 2 aromatic rings. The van der Waals surface area contributed by atoms with Gasteiger partial charge in [0, 0.05) is 17.8 Å². The van der Waals surface area contributed by atoms with Crippen LogP contribution in [-0.2, 0) is 6.42 Å². The highest BCUT2D eigenvalue weighted by atomic mass is 16.1. The second-order valence-corrected chi connectivity index (χ2v) is 3.00. The van der Waals surface area contributed by atoms with E-state index in [9.17, 15) is 4.79 Å². The molecule has 0 saturated heterocycles. The lowest BCUT2D eigenvalue weighted by Crippen LogP contribution is -2.11. The first-order chi connectivity index (χ1) is 6.31. The SMILES string of the molecule is CCCc1cc(=O)[nH]c2ccnn12. The first-order valence-electron chi connectivity index (χ1n) is 4.37. The molecule has 1 N–H and O–H groups in total. The summed E-state index contributed by atoms with van der Waals surface area (Å²) in [6.07, 6.45) is 3.57. The van der Waals surface area contributed by atoms with Gasteiger partial charge in [0.25, 0.3) is 5.56 Å². The predicted molar refractivity (Wildman–Crippen MR) is 49.8 cm³/mol. The molecule has 0 fully saturated rings. The van der Waals surface area contributed by atoms with Crippen LogP contribution in [0, 0.1) is 0 Å². The summed E-state index contributed by atoms with van der Waals surface area (Å²) in [5.41, 5.74) is 1.67. The van der Waals surface area contributed by atoms with E-state index in [0.29, 0.717) is 0 Å². The molecule has 2 rings (SSSR count). The number of fused-ring (bicyclic) bond motifs is 1. The molecule has 2 heterocycles. The van der Waals surface area contributed by atoms with Crippen molar-refractivity contribution in [1.82, 2.24) is 14.6 Å². The Kier molecular flexibility index (Phi) is 1.88. The number of aromatic nitrogens is 3. The Labute approximate surface area is 75.2 Å². The fraction of sp³-hybridized carbons (Fsp3) is 0.333. The molecule has 0 radical (unpaired) electrons. The van der Waals surface area contributed by atoms with Crippen LogP contribution >= 0.6 is 0 Å². The van der Waals surface area contributed by atoms with E-state index < -0.39 is 0 Å². The molecule has 13 heavy (non-hydrogen) atoms. The molecule has 0 spiro atoms. The Hall–Kier alpha value is -1.58. The zero-order valence-electron chi connectivity index (χ0n) is 7.45. The van der Waals surface area contributed by atoms with Gasteiger partial charge in [-0.05, 0) is 6.42 Å². The van der Waals surface area contributed by atoms with E-state index in [0.717, 1.165) is 24.2 Å². The van der Waals surface area contributed by atoms with Crippen LogP contribution in [0.1, 0.15) is 19.0 Å². The topological polar surface area (TPSA) is 50.2 Å². The van der Waals surface area contributed by atoms with E-state index in [-0.39, 0.29) is 5.56 Å². The van der Waals surface area contributed by atoms with Crippen LogP contribution in [0.3, 0.4) is 0 Å². The van der Waals surface area contributed by atoms with Gasteiger partial charge in [0.2, 0.25) is 0 Å². The van der Waals surface area contributed by atoms with Gasteiger partial charge in [0.15, 0.2) is 0 Å². The largest absolute Gasteiger partial charge is 0.307 e. The highest BCUT2D eigenvalue weighted by Crippen LogP contribution is 2.02. The first-order valence-corrected chi connectivity index (χ1v) is 4.37. The molecule has 0 bridgehead atoms. The second kappa shape index (κ2) is 3.05. The Morgan fingerprint density at radius 3 is 3.23 bits per heavy atom. The van der Waals surface area contributed by atoms with Gasteiger partial charge in [-0.2, -0.15) is 5.10 Å². The molecular weight excluding hydrogens is 166 g/mol. The monoisotopic (exact) mass is 177 g/mol. The van der Waals surface area contributed by atoms with Crippen LogP contribution in [0.4, 0.5) is 0 Å². The van der Waals surface area contributed by atoms with Crippen molar-refractivity contribution in [3.05, 3.63) is 34.4 Å². The van der Waals surface area contributed by atoms with Gasteiger partial charge in [0.1, 0.15) is 5.65 Å². The normalized spacial score (nSPS) is 10.8. The van der Waals surface area contributed by atoms with Gasteiger partial charge in [0.05, 0.1) is 6.20 Å². The summed E-state index contributed by atoms with van der Waals surface area (Å²) in [6, 6.07) is 3.39. The average molecular weight is 177 g/mol.